The molecule has 5 nitrogen and oxygen atoms in total. The molecular weight excluding hydrogens is 166 g/mol. The van der Waals surface area contributed by atoms with E-state index in [2.05, 4.69) is 15.0 Å². The summed E-state index contributed by atoms with van der Waals surface area (Å²) in [6.07, 6.45) is 3.41. The highest BCUT2D eigenvalue weighted by Gasteiger charge is 2.04. The summed E-state index contributed by atoms with van der Waals surface area (Å²) in [5.41, 5.74) is 12.7. The summed E-state index contributed by atoms with van der Waals surface area (Å²) in [7, 11) is 0. The molecule has 0 saturated heterocycles. The zero-order valence-corrected chi connectivity index (χ0v) is 6.86. The second-order valence-corrected chi connectivity index (χ2v) is 2.61. The molecule has 5 N–H and O–H groups in total. The van der Waals surface area contributed by atoms with Crippen LogP contribution >= 0.6 is 0 Å². The van der Waals surface area contributed by atoms with E-state index in [9.17, 15) is 0 Å². The molecule has 0 aromatic carbocycles. The normalized spacial score (nSPS) is 10.2. The fourth-order valence-electron chi connectivity index (χ4n) is 1.11. The van der Waals surface area contributed by atoms with Crippen LogP contribution in [0.5, 0.6) is 0 Å². The van der Waals surface area contributed by atoms with Gasteiger partial charge in [-0.2, -0.15) is 4.98 Å². The molecule has 5 heteroatoms. The van der Waals surface area contributed by atoms with Gasteiger partial charge in [0, 0.05) is 12.4 Å². The van der Waals surface area contributed by atoms with Crippen LogP contribution in [-0.4, -0.2) is 15.0 Å². The van der Waals surface area contributed by atoms with Crippen LogP contribution in [0.15, 0.2) is 24.5 Å². The Labute approximate surface area is 74.8 Å². The molecule has 0 fully saturated rings. The van der Waals surface area contributed by atoms with E-state index in [-0.39, 0.29) is 5.95 Å². The lowest BCUT2D eigenvalue weighted by Crippen LogP contribution is -2.00. The Morgan fingerprint density at radius 1 is 1.31 bits per heavy atom. The molecule has 2 rings (SSSR count). The molecule has 13 heavy (non-hydrogen) atoms. The van der Waals surface area contributed by atoms with Gasteiger partial charge in [0.05, 0.1) is 11.3 Å². The van der Waals surface area contributed by atoms with Crippen molar-refractivity contribution in [3.63, 3.8) is 0 Å². The van der Waals surface area contributed by atoms with Gasteiger partial charge in [-0.25, -0.2) is 4.98 Å². The summed E-state index contributed by atoms with van der Waals surface area (Å²) in [6, 6.07) is 3.77. The first-order valence-corrected chi connectivity index (χ1v) is 3.79. The third-order valence-corrected chi connectivity index (χ3v) is 1.72. The molecule has 0 atom stereocenters. The van der Waals surface area contributed by atoms with Gasteiger partial charge in [0.1, 0.15) is 5.82 Å². The SMILES string of the molecule is Nc1ncc(-c2ccc[nH]2)c(N)n1. The summed E-state index contributed by atoms with van der Waals surface area (Å²) in [6.45, 7) is 0. The lowest BCUT2D eigenvalue weighted by atomic mass is 10.2. The van der Waals surface area contributed by atoms with Crippen molar-refractivity contribution in [1.29, 1.82) is 0 Å². The molecule has 0 saturated carbocycles. The minimum Gasteiger partial charge on any atom is -0.383 e. The average molecular weight is 175 g/mol. The predicted octanol–water partition coefficient (Wildman–Crippen LogP) is 0.636. The highest BCUT2D eigenvalue weighted by atomic mass is 15.0. The van der Waals surface area contributed by atoms with Crippen LogP contribution in [-0.2, 0) is 0 Å². The summed E-state index contributed by atoms with van der Waals surface area (Å²) < 4.78 is 0. The van der Waals surface area contributed by atoms with Gasteiger partial charge in [-0.05, 0) is 12.1 Å². The number of hydrogen-bond donors (Lipinski definition) is 3. The number of rotatable bonds is 1. The first kappa shape index (κ1) is 7.60. The van der Waals surface area contributed by atoms with Crippen LogP contribution in [0.3, 0.4) is 0 Å². The molecule has 2 aromatic rings. The zero-order chi connectivity index (χ0) is 9.26. The average Bonchev–Trinajstić information content (AvgIpc) is 2.56. The van der Waals surface area contributed by atoms with Gasteiger partial charge in [-0.15, -0.1) is 0 Å². The van der Waals surface area contributed by atoms with Gasteiger partial charge in [-0.3, -0.25) is 0 Å². The fraction of sp³-hybridized carbons (Fsp3) is 0. The van der Waals surface area contributed by atoms with Crippen LogP contribution in [0.25, 0.3) is 11.3 Å². The number of aromatic nitrogens is 3. The van der Waals surface area contributed by atoms with Crippen molar-refractivity contribution >= 4 is 11.8 Å². The van der Waals surface area contributed by atoms with E-state index in [1.165, 1.54) is 0 Å². The van der Waals surface area contributed by atoms with Gasteiger partial charge >= 0.3 is 0 Å². The van der Waals surface area contributed by atoms with Crippen molar-refractivity contribution < 1.29 is 0 Å². The Bertz CT molecular complexity index is 406. The molecule has 2 aromatic heterocycles. The van der Waals surface area contributed by atoms with Crippen LogP contribution < -0.4 is 11.5 Å². The van der Waals surface area contributed by atoms with Gasteiger partial charge in [0.25, 0.3) is 0 Å². The smallest absolute Gasteiger partial charge is 0.221 e. The third kappa shape index (κ3) is 1.31. The summed E-state index contributed by atoms with van der Waals surface area (Å²) >= 11 is 0. The van der Waals surface area contributed by atoms with Gasteiger partial charge in [-0.1, -0.05) is 0 Å². The molecule has 2 heterocycles. The van der Waals surface area contributed by atoms with Crippen LogP contribution in [0.1, 0.15) is 0 Å². The molecule has 0 bridgehead atoms. The topological polar surface area (TPSA) is 93.6 Å². The number of aromatic amines is 1. The number of anilines is 2. The molecular formula is C8H9N5. The van der Waals surface area contributed by atoms with Crippen LogP contribution in [0, 0.1) is 0 Å². The van der Waals surface area contributed by atoms with Crippen molar-refractivity contribution in [2.45, 2.75) is 0 Å². The zero-order valence-electron chi connectivity index (χ0n) is 6.86. The summed E-state index contributed by atoms with van der Waals surface area (Å²) in [5, 5.41) is 0. The summed E-state index contributed by atoms with van der Waals surface area (Å²) in [4.78, 5) is 10.7. The Morgan fingerprint density at radius 3 is 2.77 bits per heavy atom. The lowest BCUT2D eigenvalue weighted by molar-refractivity contribution is 1.19. The maximum atomic E-state index is 5.66. The highest BCUT2D eigenvalue weighted by molar-refractivity contribution is 5.70. The van der Waals surface area contributed by atoms with E-state index in [0.29, 0.717) is 5.82 Å². The molecule has 0 spiro atoms. The second-order valence-electron chi connectivity index (χ2n) is 2.61. The van der Waals surface area contributed by atoms with Crippen molar-refractivity contribution in [3.05, 3.63) is 24.5 Å². The lowest BCUT2D eigenvalue weighted by Gasteiger charge is -2.01. The Morgan fingerprint density at radius 2 is 2.15 bits per heavy atom. The van der Waals surface area contributed by atoms with Gasteiger partial charge in [0.15, 0.2) is 0 Å². The third-order valence-electron chi connectivity index (χ3n) is 1.72. The maximum absolute atomic E-state index is 5.66. The number of nitrogens with one attached hydrogen (secondary N) is 1. The van der Waals surface area contributed by atoms with Gasteiger partial charge < -0.3 is 16.5 Å². The van der Waals surface area contributed by atoms with E-state index in [1.54, 1.807) is 6.20 Å². The van der Waals surface area contributed by atoms with Gasteiger partial charge in [0.2, 0.25) is 5.95 Å². The van der Waals surface area contributed by atoms with Crippen LogP contribution in [0.2, 0.25) is 0 Å². The maximum Gasteiger partial charge on any atom is 0.221 e. The molecule has 0 aliphatic heterocycles. The minimum atomic E-state index is 0.188. The largest absolute Gasteiger partial charge is 0.383 e. The van der Waals surface area contributed by atoms with E-state index in [0.717, 1.165) is 11.3 Å². The van der Waals surface area contributed by atoms with Crippen molar-refractivity contribution in [1.82, 2.24) is 15.0 Å². The Kier molecular flexibility index (Phi) is 1.63. The molecule has 66 valence electrons. The molecule has 0 unspecified atom stereocenters. The second kappa shape index (κ2) is 2.78. The number of nitrogens with two attached hydrogens (primary N) is 2. The predicted molar refractivity (Wildman–Crippen MR) is 50.6 cm³/mol. The van der Waals surface area contributed by atoms with E-state index >= 15 is 0 Å². The van der Waals surface area contributed by atoms with E-state index < -0.39 is 0 Å². The highest BCUT2D eigenvalue weighted by Crippen LogP contribution is 2.21. The Balaban J connectivity index is 2.53. The molecule has 0 radical (unpaired) electrons. The van der Waals surface area contributed by atoms with Crippen molar-refractivity contribution in [3.8, 4) is 11.3 Å². The molecule has 0 aliphatic carbocycles. The standard InChI is InChI=1S/C8H9N5/c9-7-5(4-12-8(10)13-7)6-2-1-3-11-6/h1-4,11H,(H4,9,10,12,13). The molecule has 0 aliphatic rings. The number of hydrogen-bond acceptors (Lipinski definition) is 4. The monoisotopic (exact) mass is 175 g/mol. The number of H-pyrrole nitrogens is 1. The first-order chi connectivity index (χ1) is 6.27. The van der Waals surface area contributed by atoms with E-state index in [4.69, 9.17) is 11.5 Å². The van der Waals surface area contributed by atoms with Crippen LogP contribution in [0.4, 0.5) is 11.8 Å². The number of nitrogen functional groups attached to an aromatic ring is 2. The minimum absolute atomic E-state index is 0.188. The first-order valence-electron chi connectivity index (χ1n) is 3.79. The van der Waals surface area contributed by atoms with Crippen molar-refractivity contribution in [2.24, 2.45) is 0 Å². The summed E-state index contributed by atoms with van der Waals surface area (Å²) in [5.74, 6) is 0.572. The van der Waals surface area contributed by atoms with E-state index in [1.807, 2.05) is 18.3 Å². The van der Waals surface area contributed by atoms with Crippen molar-refractivity contribution in [2.75, 3.05) is 11.5 Å². The number of nitrogens with zero attached hydrogens (tertiary/aromatic N) is 2. The Hall–Kier alpha value is -2.04. The molecule has 0 amide bonds. The fourth-order valence-corrected chi connectivity index (χ4v) is 1.11. The quantitative estimate of drug-likeness (QED) is 0.592.